The van der Waals surface area contributed by atoms with E-state index in [0.29, 0.717) is 0 Å². The number of hydrogen-bond donors (Lipinski definition) is 1. The van der Waals surface area contributed by atoms with Crippen LogP contribution >= 0.6 is 0 Å². The maximum atomic E-state index is 3.36. The number of piperidine rings is 1. The molecule has 0 aliphatic carbocycles. The number of para-hydroxylation sites is 1. The molecule has 1 aliphatic heterocycles. The molecule has 1 aromatic carbocycles. The summed E-state index contributed by atoms with van der Waals surface area (Å²) in [4.78, 5) is 5.99. The molecule has 3 rings (SSSR count). The molecule has 1 aliphatic rings. The van der Waals surface area contributed by atoms with Crippen molar-refractivity contribution in [3.05, 3.63) is 36.0 Å². The van der Waals surface area contributed by atoms with Crippen molar-refractivity contribution in [3.63, 3.8) is 0 Å². The molecule has 1 saturated heterocycles. The fraction of sp³-hybridized carbons (Fsp3) is 0.500. The van der Waals surface area contributed by atoms with E-state index in [-0.39, 0.29) is 0 Å². The molecule has 0 amide bonds. The van der Waals surface area contributed by atoms with E-state index in [2.05, 4.69) is 40.3 Å². The molecule has 1 fully saturated rings. The van der Waals surface area contributed by atoms with Gasteiger partial charge in [0.15, 0.2) is 0 Å². The van der Waals surface area contributed by atoms with Gasteiger partial charge in [-0.25, -0.2) is 0 Å². The van der Waals surface area contributed by atoms with E-state index in [1.807, 2.05) is 0 Å². The molecule has 1 aromatic heterocycles. The first-order valence-electron chi connectivity index (χ1n) is 7.21. The second kappa shape index (κ2) is 5.57. The number of rotatable bonds is 4. The van der Waals surface area contributed by atoms with E-state index in [1.165, 1.54) is 68.2 Å². The molecule has 0 unspecified atom stereocenters. The van der Waals surface area contributed by atoms with Gasteiger partial charge in [0, 0.05) is 17.1 Å². The second-order valence-electron chi connectivity index (χ2n) is 5.37. The highest BCUT2D eigenvalue weighted by Gasteiger charge is 2.09. The van der Waals surface area contributed by atoms with Crippen LogP contribution in [0.5, 0.6) is 0 Å². The maximum Gasteiger partial charge on any atom is 0.0456 e. The largest absolute Gasteiger partial charge is 0.361 e. The van der Waals surface area contributed by atoms with Gasteiger partial charge < -0.3 is 9.88 Å². The number of aromatic nitrogens is 1. The Kier molecular flexibility index (Phi) is 3.65. The summed E-state index contributed by atoms with van der Waals surface area (Å²) in [7, 11) is 0. The molecule has 0 bridgehead atoms. The summed E-state index contributed by atoms with van der Waals surface area (Å²) in [5, 5.41) is 1.40. The lowest BCUT2D eigenvalue weighted by atomic mass is 10.1. The predicted octanol–water partition coefficient (Wildman–Crippen LogP) is 3.59. The minimum Gasteiger partial charge on any atom is -0.361 e. The highest BCUT2D eigenvalue weighted by molar-refractivity contribution is 5.82. The minimum atomic E-state index is 1.19. The van der Waals surface area contributed by atoms with E-state index in [4.69, 9.17) is 0 Å². The van der Waals surface area contributed by atoms with Crippen LogP contribution in [0.3, 0.4) is 0 Å². The van der Waals surface area contributed by atoms with Gasteiger partial charge in [-0.05, 0) is 56.9 Å². The zero-order valence-corrected chi connectivity index (χ0v) is 11.0. The zero-order chi connectivity index (χ0) is 12.2. The van der Waals surface area contributed by atoms with Gasteiger partial charge in [0.05, 0.1) is 0 Å². The predicted molar refractivity (Wildman–Crippen MR) is 76.9 cm³/mol. The van der Waals surface area contributed by atoms with Crippen molar-refractivity contribution >= 4 is 10.9 Å². The van der Waals surface area contributed by atoms with Crippen LogP contribution in [0.2, 0.25) is 0 Å². The molecule has 1 N–H and O–H groups in total. The third-order valence-corrected chi connectivity index (χ3v) is 4.04. The number of fused-ring (bicyclic) bond motifs is 1. The molecule has 2 heterocycles. The number of nitrogens with one attached hydrogen (secondary N) is 1. The van der Waals surface area contributed by atoms with Crippen LogP contribution in [0.25, 0.3) is 10.9 Å². The van der Waals surface area contributed by atoms with Gasteiger partial charge in [-0.15, -0.1) is 0 Å². The summed E-state index contributed by atoms with van der Waals surface area (Å²) in [5.74, 6) is 0. The van der Waals surface area contributed by atoms with E-state index < -0.39 is 0 Å². The van der Waals surface area contributed by atoms with Gasteiger partial charge in [-0.1, -0.05) is 24.6 Å². The number of aromatic amines is 1. The van der Waals surface area contributed by atoms with Gasteiger partial charge in [0.1, 0.15) is 0 Å². The molecule has 0 saturated carbocycles. The lowest BCUT2D eigenvalue weighted by Crippen LogP contribution is -2.30. The van der Waals surface area contributed by atoms with Gasteiger partial charge in [0.2, 0.25) is 0 Å². The van der Waals surface area contributed by atoms with Crippen molar-refractivity contribution in [1.82, 2.24) is 9.88 Å². The molecule has 2 heteroatoms. The van der Waals surface area contributed by atoms with Crippen molar-refractivity contribution in [1.29, 1.82) is 0 Å². The number of H-pyrrole nitrogens is 1. The Morgan fingerprint density at radius 1 is 1.06 bits per heavy atom. The Morgan fingerprint density at radius 3 is 2.78 bits per heavy atom. The molecule has 0 atom stereocenters. The molecular weight excluding hydrogens is 220 g/mol. The Hall–Kier alpha value is -1.28. The summed E-state index contributed by atoms with van der Waals surface area (Å²) < 4.78 is 0. The van der Waals surface area contributed by atoms with Crippen LogP contribution in [0, 0.1) is 0 Å². The normalized spacial score (nSPS) is 17.3. The SMILES string of the molecule is c1ccc2c(CCCN3CCCCC3)c[nH]c2c1. The summed E-state index contributed by atoms with van der Waals surface area (Å²) in [6.07, 6.45) is 8.88. The summed E-state index contributed by atoms with van der Waals surface area (Å²) in [6, 6.07) is 8.60. The second-order valence-corrected chi connectivity index (χ2v) is 5.37. The fourth-order valence-corrected chi connectivity index (χ4v) is 3.01. The van der Waals surface area contributed by atoms with Crippen molar-refractivity contribution in [2.45, 2.75) is 32.1 Å². The van der Waals surface area contributed by atoms with Crippen molar-refractivity contribution < 1.29 is 0 Å². The summed E-state index contributed by atoms with van der Waals surface area (Å²) in [5.41, 5.74) is 2.74. The number of nitrogens with zero attached hydrogens (tertiary/aromatic N) is 1. The highest BCUT2D eigenvalue weighted by Crippen LogP contribution is 2.19. The van der Waals surface area contributed by atoms with Crippen LogP contribution < -0.4 is 0 Å². The van der Waals surface area contributed by atoms with E-state index in [9.17, 15) is 0 Å². The third-order valence-electron chi connectivity index (χ3n) is 4.04. The number of benzene rings is 1. The maximum absolute atomic E-state index is 3.36. The monoisotopic (exact) mass is 242 g/mol. The molecule has 96 valence electrons. The van der Waals surface area contributed by atoms with Crippen LogP contribution in [0.4, 0.5) is 0 Å². The first-order chi connectivity index (χ1) is 8.93. The van der Waals surface area contributed by atoms with Gasteiger partial charge in [-0.3, -0.25) is 0 Å². The zero-order valence-electron chi connectivity index (χ0n) is 11.0. The molecule has 2 nitrogen and oxygen atoms in total. The summed E-state index contributed by atoms with van der Waals surface area (Å²) >= 11 is 0. The van der Waals surface area contributed by atoms with Crippen LogP contribution in [-0.4, -0.2) is 29.5 Å². The molecule has 18 heavy (non-hydrogen) atoms. The topological polar surface area (TPSA) is 19.0 Å². The smallest absolute Gasteiger partial charge is 0.0456 e. The highest BCUT2D eigenvalue weighted by atomic mass is 15.1. The van der Waals surface area contributed by atoms with Gasteiger partial charge in [0.25, 0.3) is 0 Å². The third kappa shape index (κ3) is 2.59. The van der Waals surface area contributed by atoms with E-state index in [1.54, 1.807) is 0 Å². The van der Waals surface area contributed by atoms with E-state index in [0.717, 1.165) is 0 Å². The first kappa shape index (κ1) is 11.8. The van der Waals surface area contributed by atoms with Crippen LogP contribution in [-0.2, 0) is 6.42 Å². The number of hydrogen-bond acceptors (Lipinski definition) is 1. The number of likely N-dealkylation sites (tertiary alicyclic amines) is 1. The molecule has 2 aromatic rings. The standard InChI is InChI=1S/C16H22N2/c1-4-10-18(11-5-1)12-6-7-14-13-17-16-9-3-2-8-15(14)16/h2-3,8-9,13,17H,1,4-7,10-12H2. The lowest BCUT2D eigenvalue weighted by Gasteiger charge is -2.26. The van der Waals surface area contributed by atoms with Gasteiger partial charge in [-0.2, -0.15) is 0 Å². The average molecular weight is 242 g/mol. The molecule has 0 spiro atoms. The fourth-order valence-electron chi connectivity index (χ4n) is 3.01. The molecular formula is C16H22N2. The Labute approximate surface area is 109 Å². The Balaban J connectivity index is 1.56. The van der Waals surface area contributed by atoms with Crippen molar-refractivity contribution in [2.24, 2.45) is 0 Å². The summed E-state index contributed by atoms with van der Waals surface area (Å²) in [6.45, 7) is 3.89. The van der Waals surface area contributed by atoms with Crippen LogP contribution in [0.1, 0.15) is 31.2 Å². The van der Waals surface area contributed by atoms with Crippen molar-refractivity contribution in [3.8, 4) is 0 Å². The quantitative estimate of drug-likeness (QED) is 0.868. The van der Waals surface area contributed by atoms with E-state index >= 15 is 0 Å². The van der Waals surface area contributed by atoms with Crippen molar-refractivity contribution in [2.75, 3.05) is 19.6 Å². The Bertz CT molecular complexity index is 495. The lowest BCUT2D eigenvalue weighted by molar-refractivity contribution is 0.226. The Morgan fingerprint density at radius 2 is 1.89 bits per heavy atom. The van der Waals surface area contributed by atoms with Gasteiger partial charge >= 0.3 is 0 Å². The molecule has 0 radical (unpaired) electrons. The van der Waals surface area contributed by atoms with Crippen LogP contribution in [0.15, 0.2) is 30.5 Å². The minimum absolute atomic E-state index is 1.19. The average Bonchev–Trinajstić information content (AvgIpc) is 2.84. The first-order valence-corrected chi connectivity index (χ1v) is 7.21. The number of aryl methyl sites for hydroxylation is 1.